The molecule has 3 heteroatoms. The molecule has 0 atom stereocenters. The lowest BCUT2D eigenvalue weighted by molar-refractivity contribution is 0.0535. The first-order valence-electron chi connectivity index (χ1n) is 7.18. The van der Waals surface area contributed by atoms with Crippen LogP contribution in [0.5, 0.6) is 0 Å². The van der Waals surface area contributed by atoms with Crippen LogP contribution < -0.4 is 5.48 Å². The second kappa shape index (κ2) is 8.70. The summed E-state index contributed by atoms with van der Waals surface area (Å²) in [6.07, 6.45) is 6.36. The molecule has 0 heterocycles. The predicted molar refractivity (Wildman–Crippen MR) is 78.1 cm³/mol. The fourth-order valence-corrected chi connectivity index (χ4v) is 2.24. The quantitative estimate of drug-likeness (QED) is 0.727. The Morgan fingerprint density at radius 2 is 1.63 bits per heavy atom. The Morgan fingerprint density at radius 1 is 1.11 bits per heavy atom. The van der Waals surface area contributed by atoms with Crippen molar-refractivity contribution in [3.8, 4) is 0 Å². The number of carbonyl (C=O) groups excluding carboxylic acids is 1. The lowest BCUT2D eigenvalue weighted by atomic mass is 9.94. The van der Waals surface area contributed by atoms with Crippen molar-refractivity contribution >= 4 is 5.91 Å². The molecule has 106 valence electrons. The van der Waals surface area contributed by atoms with E-state index in [4.69, 9.17) is 4.84 Å². The number of benzene rings is 1. The molecule has 0 aliphatic carbocycles. The van der Waals surface area contributed by atoms with E-state index >= 15 is 0 Å². The van der Waals surface area contributed by atoms with Crippen LogP contribution in [0.4, 0.5) is 0 Å². The van der Waals surface area contributed by atoms with Crippen LogP contribution in [0, 0.1) is 0 Å². The zero-order valence-electron chi connectivity index (χ0n) is 12.3. The van der Waals surface area contributed by atoms with Gasteiger partial charge in [-0.25, -0.2) is 5.48 Å². The third-order valence-electron chi connectivity index (χ3n) is 3.26. The first kappa shape index (κ1) is 15.7. The lowest BCUT2D eigenvalue weighted by Gasteiger charge is -2.14. The number of nitrogens with one attached hydrogen (secondary N) is 1. The van der Waals surface area contributed by atoms with Gasteiger partial charge >= 0.3 is 0 Å². The van der Waals surface area contributed by atoms with E-state index in [1.165, 1.54) is 7.11 Å². The zero-order chi connectivity index (χ0) is 14.1. The standard InChI is InChI=1S/C16H25NO2/c1-4-6-9-13-11-8-12-14(10-7-5-2)15(13)16(18)17-19-3/h8,11-12H,4-7,9-10H2,1-3H3,(H,17,18). The lowest BCUT2D eigenvalue weighted by Crippen LogP contribution is -2.24. The number of hydrogen-bond donors (Lipinski definition) is 1. The average Bonchev–Trinajstić information content (AvgIpc) is 2.42. The molecular weight excluding hydrogens is 238 g/mol. The Balaban J connectivity index is 3.04. The highest BCUT2D eigenvalue weighted by Gasteiger charge is 2.15. The Hall–Kier alpha value is -1.35. The van der Waals surface area contributed by atoms with E-state index < -0.39 is 0 Å². The highest BCUT2D eigenvalue weighted by Crippen LogP contribution is 2.19. The fraction of sp³-hybridized carbons (Fsp3) is 0.562. The summed E-state index contributed by atoms with van der Waals surface area (Å²) < 4.78 is 0. The van der Waals surface area contributed by atoms with Crippen LogP contribution in [0.15, 0.2) is 18.2 Å². The zero-order valence-corrected chi connectivity index (χ0v) is 12.3. The van der Waals surface area contributed by atoms with Crippen LogP contribution in [0.3, 0.4) is 0 Å². The summed E-state index contributed by atoms with van der Waals surface area (Å²) >= 11 is 0. The minimum absolute atomic E-state index is 0.125. The van der Waals surface area contributed by atoms with E-state index in [-0.39, 0.29) is 5.91 Å². The monoisotopic (exact) mass is 263 g/mol. The molecule has 1 amide bonds. The van der Waals surface area contributed by atoms with Gasteiger partial charge in [0, 0.05) is 5.56 Å². The van der Waals surface area contributed by atoms with Gasteiger partial charge in [0.05, 0.1) is 7.11 Å². The Labute approximate surface area is 116 Å². The van der Waals surface area contributed by atoms with Gasteiger partial charge < -0.3 is 0 Å². The van der Waals surface area contributed by atoms with Crippen LogP contribution in [0.2, 0.25) is 0 Å². The van der Waals surface area contributed by atoms with E-state index in [1.54, 1.807) is 0 Å². The summed E-state index contributed by atoms with van der Waals surface area (Å²) in [5.74, 6) is -0.125. The number of amides is 1. The molecule has 0 aliphatic rings. The molecule has 1 aromatic rings. The molecule has 19 heavy (non-hydrogen) atoms. The van der Waals surface area contributed by atoms with Crippen molar-refractivity contribution in [2.45, 2.75) is 52.4 Å². The third kappa shape index (κ3) is 4.67. The maximum Gasteiger partial charge on any atom is 0.275 e. The maximum absolute atomic E-state index is 12.2. The molecule has 0 bridgehead atoms. The SMILES string of the molecule is CCCCc1cccc(CCCC)c1C(=O)NOC. The van der Waals surface area contributed by atoms with Gasteiger partial charge in [-0.05, 0) is 36.8 Å². The van der Waals surface area contributed by atoms with Crippen LogP contribution in [0.1, 0.15) is 61.0 Å². The molecule has 0 spiro atoms. The third-order valence-corrected chi connectivity index (χ3v) is 3.26. The van der Waals surface area contributed by atoms with Crippen LogP contribution in [-0.4, -0.2) is 13.0 Å². The van der Waals surface area contributed by atoms with Gasteiger partial charge in [0.1, 0.15) is 0 Å². The molecule has 0 saturated heterocycles. The van der Waals surface area contributed by atoms with Gasteiger partial charge in [-0.1, -0.05) is 44.9 Å². The van der Waals surface area contributed by atoms with Crippen molar-refractivity contribution in [3.05, 3.63) is 34.9 Å². The van der Waals surface area contributed by atoms with E-state index in [1.807, 2.05) is 0 Å². The predicted octanol–water partition coefficient (Wildman–Crippen LogP) is 3.66. The van der Waals surface area contributed by atoms with E-state index in [0.29, 0.717) is 0 Å². The Morgan fingerprint density at radius 3 is 2.05 bits per heavy atom. The summed E-state index contributed by atoms with van der Waals surface area (Å²) in [5, 5.41) is 0. The number of aryl methyl sites for hydroxylation is 2. The molecule has 0 unspecified atom stereocenters. The first-order chi connectivity index (χ1) is 9.24. The average molecular weight is 263 g/mol. The van der Waals surface area contributed by atoms with Gasteiger partial charge in [0.15, 0.2) is 0 Å². The second-order valence-electron chi connectivity index (χ2n) is 4.79. The minimum atomic E-state index is -0.125. The Bertz CT molecular complexity index is 375. The molecule has 0 radical (unpaired) electrons. The van der Waals surface area contributed by atoms with Crippen LogP contribution in [0.25, 0.3) is 0 Å². The van der Waals surface area contributed by atoms with Crippen molar-refractivity contribution in [1.29, 1.82) is 0 Å². The molecule has 0 aliphatic heterocycles. The van der Waals surface area contributed by atoms with Crippen molar-refractivity contribution < 1.29 is 9.63 Å². The second-order valence-corrected chi connectivity index (χ2v) is 4.79. The van der Waals surface area contributed by atoms with Gasteiger partial charge in [0.2, 0.25) is 0 Å². The molecule has 0 saturated carbocycles. The largest absolute Gasteiger partial charge is 0.277 e. The number of rotatable bonds is 8. The van der Waals surface area contributed by atoms with Gasteiger partial charge in [-0.3, -0.25) is 9.63 Å². The summed E-state index contributed by atoms with van der Waals surface area (Å²) in [6, 6.07) is 6.16. The minimum Gasteiger partial charge on any atom is -0.277 e. The smallest absolute Gasteiger partial charge is 0.275 e. The number of hydroxylamine groups is 1. The number of unbranched alkanes of at least 4 members (excludes halogenated alkanes) is 2. The van der Waals surface area contributed by atoms with Crippen molar-refractivity contribution in [1.82, 2.24) is 5.48 Å². The normalized spacial score (nSPS) is 10.5. The fourth-order valence-electron chi connectivity index (χ4n) is 2.24. The molecule has 1 N–H and O–H groups in total. The summed E-state index contributed by atoms with van der Waals surface area (Å²) in [6.45, 7) is 4.33. The molecule has 1 aromatic carbocycles. The number of carbonyl (C=O) groups is 1. The van der Waals surface area contributed by atoms with E-state index in [0.717, 1.165) is 55.2 Å². The molecule has 0 fully saturated rings. The van der Waals surface area contributed by atoms with Gasteiger partial charge in [0.25, 0.3) is 5.91 Å². The summed E-state index contributed by atoms with van der Waals surface area (Å²) in [7, 11) is 1.47. The van der Waals surface area contributed by atoms with E-state index in [9.17, 15) is 4.79 Å². The topological polar surface area (TPSA) is 38.3 Å². The first-order valence-corrected chi connectivity index (χ1v) is 7.18. The Kier molecular flexibility index (Phi) is 7.19. The van der Waals surface area contributed by atoms with Gasteiger partial charge in [-0.2, -0.15) is 0 Å². The van der Waals surface area contributed by atoms with Gasteiger partial charge in [-0.15, -0.1) is 0 Å². The molecule has 1 rings (SSSR count). The summed E-state index contributed by atoms with van der Waals surface area (Å²) in [5.41, 5.74) is 5.53. The summed E-state index contributed by atoms with van der Waals surface area (Å²) in [4.78, 5) is 17.0. The van der Waals surface area contributed by atoms with Crippen molar-refractivity contribution in [3.63, 3.8) is 0 Å². The highest BCUT2D eigenvalue weighted by molar-refractivity contribution is 5.96. The van der Waals surface area contributed by atoms with Crippen LogP contribution in [-0.2, 0) is 17.7 Å². The van der Waals surface area contributed by atoms with Crippen LogP contribution >= 0.6 is 0 Å². The van der Waals surface area contributed by atoms with E-state index in [2.05, 4.69) is 37.5 Å². The molecule has 0 aromatic heterocycles. The molecular formula is C16H25NO2. The molecule has 3 nitrogen and oxygen atoms in total. The highest BCUT2D eigenvalue weighted by atomic mass is 16.6. The maximum atomic E-state index is 12.2. The number of hydrogen-bond acceptors (Lipinski definition) is 2. The van der Waals surface area contributed by atoms with Crippen molar-refractivity contribution in [2.24, 2.45) is 0 Å². The van der Waals surface area contributed by atoms with Crippen molar-refractivity contribution in [2.75, 3.05) is 7.11 Å².